The lowest BCUT2D eigenvalue weighted by molar-refractivity contribution is -0.117. The SMILES string of the molecule is COc1cccc(NC(=O)CN(C)C2CCCNC2)c1. The van der Waals surface area contributed by atoms with Crippen LogP contribution in [0.25, 0.3) is 0 Å². The largest absolute Gasteiger partial charge is 0.497 e. The van der Waals surface area contributed by atoms with E-state index in [0.29, 0.717) is 12.6 Å². The molecule has 1 aliphatic rings. The second-order valence-electron chi connectivity index (χ2n) is 5.20. The van der Waals surface area contributed by atoms with E-state index in [9.17, 15) is 4.79 Å². The number of rotatable bonds is 5. The number of carbonyl (C=O) groups excluding carboxylic acids is 1. The van der Waals surface area contributed by atoms with Gasteiger partial charge in [-0.25, -0.2) is 0 Å². The van der Waals surface area contributed by atoms with Crippen LogP contribution in [0.15, 0.2) is 24.3 Å². The highest BCUT2D eigenvalue weighted by Gasteiger charge is 2.19. The lowest BCUT2D eigenvalue weighted by Gasteiger charge is -2.31. The highest BCUT2D eigenvalue weighted by molar-refractivity contribution is 5.92. The smallest absolute Gasteiger partial charge is 0.238 e. The van der Waals surface area contributed by atoms with Crippen LogP contribution in [-0.4, -0.2) is 50.6 Å². The van der Waals surface area contributed by atoms with E-state index in [1.807, 2.05) is 31.3 Å². The molecule has 1 aliphatic heterocycles. The van der Waals surface area contributed by atoms with Crippen LogP contribution in [0.1, 0.15) is 12.8 Å². The van der Waals surface area contributed by atoms with Gasteiger partial charge in [0.25, 0.3) is 0 Å². The highest BCUT2D eigenvalue weighted by atomic mass is 16.5. The van der Waals surface area contributed by atoms with E-state index in [4.69, 9.17) is 4.74 Å². The summed E-state index contributed by atoms with van der Waals surface area (Å²) in [5.74, 6) is 0.749. The van der Waals surface area contributed by atoms with Crippen molar-refractivity contribution < 1.29 is 9.53 Å². The summed E-state index contributed by atoms with van der Waals surface area (Å²) in [6, 6.07) is 7.85. The van der Waals surface area contributed by atoms with Crippen molar-refractivity contribution in [2.75, 3.05) is 39.1 Å². The Morgan fingerprint density at radius 2 is 2.40 bits per heavy atom. The number of anilines is 1. The number of likely N-dealkylation sites (N-methyl/N-ethyl adjacent to an activating group) is 1. The number of ether oxygens (including phenoxy) is 1. The zero-order valence-corrected chi connectivity index (χ0v) is 12.2. The van der Waals surface area contributed by atoms with Crippen LogP contribution in [0.3, 0.4) is 0 Å². The lowest BCUT2D eigenvalue weighted by Crippen LogP contribution is -2.46. The van der Waals surface area contributed by atoms with Crippen molar-refractivity contribution in [3.63, 3.8) is 0 Å². The summed E-state index contributed by atoms with van der Waals surface area (Å²) in [5.41, 5.74) is 0.768. The summed E-state index contributed by atoms with van der Waals surface area (Å²) in [5, 5.41) is 6.27. The molecule has 5 nitrogen and oxygen atoms in total. The molecule has 0 aliphatic carbocycles. The normalized spacial score (nSPS) is 18.9. The molecule has 0 radical (unpaired) electrons. The van der Waals surface area contributed by atoms with Gasteiger partial charge in [0.1, 0.15) is 5.75 Å². The Hall–Kier alpha value is -1.59. The quantitative estimate of drug-likeness (QED) is 0.852. The van der Waals surface area contributed by atoms with Gasteiger partial charge in [0.2, 0.25) is 5.91 Å². The maximum atomic E-state index is 12.1. The number of methoxy groups -OCH3 is 1. The van der Waals surface area contributed by atoms with E-state index in [0.717, 1.165) is 30.9 Å². The number of carbonyl (C=O) groups is 1. The molecule has 110 valence electrons. The Kier molecular flexibility index (Phi) is 5.38. The minimum Gasteiger partial charge on any atom is -0.497 e. The molecule has 1 heterocycles. The fourth-order valence-electron chi connectivity index (χ4n) is 2.47. The van der Waals surface area contributed by atoms with Crippen LogP contribution in [0, 0.1) is 0 Å². The molecule has 0 saturated carbocycles. The van der Waals surface area contributed by atoms with Gasteiger partial charge in [-0.05, 0) is 38.6 Å². The summed E-state index contributed by atoms with van der Waals surface area (Å²) in [6.07, 6.45) is 2.32. The van der Waals surface area contributed by atoms with Gasteiger partial charge in [-0.1, -0.05) is 6.07 Å². The third-order valence-corrected chi connectivity index (χ3v) is 3.64. The Morgan fingerprint density at radius 3 is 3.10 bits per heavy atom. The molecule has 1 atom stereocenters. The van der Waals surface area contributed by atoms with E-state index in [2.05, 4.69) is 15.5 Å². The van der Waals surface area contributed by atoms with Crippen molar-refractivity contribution in [1.82, 2.24) is 10.2 Å². The Balaban J connectivity index is 1.84. The van der Waals surface area contributed by atoms with Gasteiger partial charge >= 0.3 is 0 Å². The van der Waals surface area contributed by atoms with Crippen molar-refractivity contribution in [3.05, 3.63) is 24.3 Å². The third kappa shape index (κ3) is 4.21. The van der Waals surface area contributed by atoms with Crippen LogP contribution in [-0.2, 0) is 4.79 Å². The molecule has 1 aromatic rings. The third-order valence-electron chi connectivity index (χ3n) is 3.64. The van der Waals surface area contributed by atoms with Crippen molar-refractivity contribution >= 4 is 11.6 Å². The molecule has 0 spiro atoms. The van der Waals surface area contributed by atoms with Crippen LogP contribution in [0.5, 0.6) is 5.75 Å². The maximum Gasteiger partial charge on any atom is 0.238 e. The first-order chi connectivity index (χ1) is 9.69. The van der Waals surface area contributed by atoms with E-state index in [1.54, 1.807) is 7.11 Å². The average molecular weight is 277 g/mol. The van der Waals surface area contributed by atoms with Gasteiger partial charge < -0.3 is 15.4 Å². The van der Waals surface area contributed by atoms with Gasteiger partial charge in [-0.3, -0.25) is 9.69 Å². The highest BCUT2D eigenvalue weighted by Crippen LogP contribution is 2.16. The van der Waals surface area contributed by atoms with Crippen LogP contribution >= 0.6 is 0 Å². The number of piperidine rings is 1. The standard InChI is InChI=1S/C15H23N3O2/c1-18(13-6-4-8-16-10-13)11-15(19)17-12-5-3-7-14(9-12)20-2/h3,5,7,9,13,16H,4,6,8,10-11H2,1-2H3,(H,17,19). The molecule has 1 amide bonds. The number of nitrogens with zero attached hydrogens (tertiary/aromatic N) is 1. The zero-order chi connectivity index (χ0) is 14.4. The molecule has 20 heavy (non-hydrogen) atoms. The number of amides is 1. The van der Waals surface area contributed by atoms with Crippen LogP contribution in [0.2, 0.25) is 0 Å². The van der Waals surface area contributed by atoms with Crippen molar-refractivity contribution in [1.29, 1.82) is 0 Å². The summed E-state index contributed by atoms with van der Waals surface area (Å²) >= 11 is 0. The van der Waals surface area contributed by atoms with Crippen LogP contribution < -0.4 is 15.4 Å². The number of hydrogen-bond donors (Lipinski definition) is 2. The first-order valence-electron chi connectivity index (χ1n) is 7.04. The molecule has 1 saturated heterocycles. The fraction of sp³-hybridized carbons (Fsp3) is 0.533. The maximum absolute atomic E-state index is 12.1. The zero-order valence-electron chi connectivity index (χ0n) is 12.2. The van der Waals surface area contributed by atoms with E-state index in [-0.39, 0.29) is 5.91 Å². The second-order valence-corrected chi connectivity index (χ2v) is 5.20. The first kappa shape index (κ1) is 14.8. The molecule has 2 rings (SSSR count). The van der Waals surface area contributed by atoms with Gasteiger partial charge in [-0.2, -0.15) is 0 Å². The molecule has 1 aromatic carbocycles. The number of benzene rings is 1. The average Bonchev–Trinajstić information content (AvgIpc) is 2.48. The van der Waals surface area contributed by atoms with Crippen molar-refractivity contribution in [3.8, 4) is 5.75 Å². The van der Waals surface area contributed by atoms with E-state index < -0.39 is 0 Å². The summed E-state index contributed by atoms with van der Waals surface area (Å²) < 4.78 is 5.14. The summed E-state index contributed by atoms with van der Waals surface area (Å²) in [7, 11) is 3.62. The number of hydrogen-bond acceptors (Lipinski definition) is 4. The minimum atomic E-state index is 0.00586. The molecule has 1 unspecified atom stereocenters. The minimum absolute atomic E-state index is 0.00586. The molecular formula is C15H23N3O2. The monoisotopic (exact) mass is 277 g/mol. The number of nitrogens with one attached hydrogen (secondary N) is 2. The van der Waals surface area contributed by atoms with Crippen molar-refractivity contribution in [2.45, 2.75) is 18.9 Å². The summed E-state index contributed by atoms with van der Waals surface area (Å²) in [6.45, 7) is 2.45. The summed E-state index contributed by atoms with van der Waals surface area (Å²) in [4.78, 5) is 14.2. The van der Waals surface area contributed by atoms with Gasteiger partial charge in [0.15, 0.2) is 0 Å². The fourth-order valence-corrected chi connectivity index (χ4v) is 2.47. The van der Waals surface area contributed by atoms with E-state index in [1.165, 1.54) is 6.42 Å². The molecule has 1 fully saturated rings. The van der Waals surface area contributed by atoms with Crippen LogP contribution in [0.4, 0.5) is 5.69 Å². The van der Waals surface area contributed by atoms with Crippen molar-refractivity contribution in [2.24, 2.45) is 0 Å². The first-order valence-corrected chi connectivity index (χ1v) is 7.04. The molecule has 0 aromatic heterocycles. The topological polar surface area (TPSA) is 53.6 Å². The Bertz CT molecular complexity index is 444. The molecular weight excluding hydrogens is 254 g/mol. The molecule has 0 bridgehead atoms. The van der Waals surface area contributed by atoms with Gasteiger partial charge in [0, 0.05) is 24.3 Å². The Labute approximate surface area is 120 Å². The van der Waals surface area contributed by atoms with Gasteiger partial charge in [-0.15, -0.1) is 0 Å². The predicted octanol–water partition coefficient (Wildman–Crippen LogP) is 1.32. The Morgan fingerprint density at radius 1 is 1.55 bits per heavy atom. The molecule has 2 N–H and O–H groups in total. The van der Waals surface area contributed by atoms with Gasteiger partial charge in [0.05, 0.1) is 13.7 Å². The second kappa shape index (κ2) is 7.26. The van der Waals surface area contributed by atoms with E-state index >= 15 is 0 Å². The predicted molar refractivity (Wildman–Crippen MR) is 80.1 cm³/mol. The lowest BCUT2D eigenvalue weighted by atomic mass is 10.1. The molecule has 5 heteroatoms.